The molecule has 1 aliphatic heterocycles. The minimum atomic E-state index is -0.810. The number of carbonyl (C=O) groups is 1. The first-order valence-corrected chi connectivity index (χ1v) is 8.84. The first-order chi connectivity index (χ1) is 10.8. The highest BCUT2D eigenvalue weighted by Gasteiger charge is 2.26. The molecule has 1 saturated heterocycles. The molecule has 1 fully saturated rings. The lowest BCUT2D eigenvalue weighted by Gasteiger charge is -2.33. The lowest BCUT2D eigenvalue weighted by atomic mass is 10.0. The van der Waals surface area contributed by atoms with Crippen molar-refractivity contribution in [2.24, 2.45) is 5.73 Å². The van der Waals surface area contributed by atoms with Gasteiger partial charge in [0.25, 0.3) is 0 Å². The van der Waals surface area contributed by atoms with E-state index in [0.717, 1.165) is 42.7 Å². The Morgan fingerprint density at radius 2 is 1.84 bits per heavy atom. The summed E-state index contributed by atoms with van der Waals surface area (Å²) in [6.45, 7) is 6.99. The van der Waals surface area contributed by atoms with Crippen LogP contribution in [0.2, 0.25) is 0 Å². The number of likely N-dealkylation sites (tertiary alicyclic amines) is 1. The maximum atomic E-state index is 11.9. The molecule has 0 spiro atoms. The number of hydrogen-bond donors (Lipinski definition) is 2. The molecule has 1 amide bonds. The predicted molar refractivity (Wildman–Crippen MR) is 110 cm³/mol. The normalized spacial score (nSPS) is 15.7. The minimum absolute atomic E-state index is 0. The molecule has 0 atom stereocenters. The Morgan fingerprint density at radius 3 is 2.36 bits per heavy atom. The zero-order chi connectivity index (χ0) is 16.9. The van der Waals surface area contributed by atoms with E-state index in [9.17, 15) is 4.79 Å². The van der Waals surface area contributed by atoms with Crippen LogP contribution in [-0.4, -0.2) is 48.6 Å². The van der Waals surface area contributed by atoms with E-state index in [1.54, 1.807) is 13.8 Å². The van der Waals surface area contributed by atoms with E-state index < -0.39 is 5.54 Å². The van der Waals surface area contributed by atoms with E-state index in [0.29, 0.717) is 6.61 Å². The first kappa shape index (κ1) is 24.5. The Kier molecular flexibility index (Phi) is 11.0. The summed E-state index contributed by atoms with van der Waals surface area (Å²) in [6.07, 6.45) is 1.92. The Bertz CT molecular complexity index is 516. The van der Waals surface area contributed by atoms with E-state index in [1.165, 1.54) is 0 Å². The summed E-state index contributed by atoms with van der Waals surface area (Å²) in [6, 6.07) is 8.10. The lowest BCUT2D eigenvalue weighted by Crippen LogP contribution is -2.54. The molecule has 1 aliphatic rings. The van der Waals surface area contributed by atoms with Crippen LogP contribution in [0, 0.1) is 0 Å². The molecule has 0 unspecified atom stereocenters. The molecule has 0 bridgehead atoms. The molecule has 5 nitrogen and oxygen atoms in total. The summed E-state index contributed by atoms with van der Waals surface area (Å²) < 4.78 is 6.80. The zero-order valence-corrected chi connectivity index (χ0v) is 17.9. The number of benzene rings is 1. The van der Waals surface area contributed by atoms with Gasteiger partial charge in [0.2, 0.25) is 5.91 Å². The van der Waals surface area contributed by atoms with Crippen LogP contribution in [0.3, 0.4) is 0 Å². The predicted octanol–water partition coefficient (Wildman–Crippen LogP) is 2.99. The van der Waals surface area contributed by atoms with Crippen LogP contribution in [-0.2, 0) is 4.79 Å². The smallest absolute Gasteiger partial charge is 0.239 e. The quantitative estimate of drug-likeness (QED) is 0.690. The van der Waals surface area contributed by atoms with E-state index in [4.69, 9.17) is 10.5 Å². The molecular weight excluding hydrogens is 429 g/mol. The number of nitrogens with two attached hydrogens (primary N) is 1. The molecule has 144 valence electrons. The van der Waals surface area contributed by atoms with Crippen LogP contribution in [0.1, 0.15) is 26.7 Å². The number of rotatable bonds is 6. The summed E-state index contributed by atoms with van der Waals surface area (Å²) in [5, 5.41) is 3.04. The molecule has 3 N–H and O–H groups in total. The topological polar surface area (TPSA) is 67.6 Å². The molecule has 0 radical (unpaired) electrons. The SMILES string of the molecule is CC(C)(N)C(=O)NC1CCN(CCOc2ccc(Br)cc2)CC1.Cl.Cl. The van der Waals surface area contributed by atoms with Crippen LogP contribution in [0.5, 0.6) is 5.75 Å². The fourth-order valence-corrected chi connectivity index (χ4v) is 2.76. The average molecular weight is 457 g/mol. The van der Waals surface area contributed by atoms with Crippen molar-refractivity contribution >= 4 is 46.7 Å². The summed E-state index contributed by atoms with van der Waals surface area (Å²) in [7, 11) is 0. The zero-order valence-electron chi connectivity index (χ0n) is 14.7. The van der Waals surface area contributed by atoms with Gasteiger partial charge >= 0.3 is 0 Å². The molecule has 0 aliphatic carbocycles. The van der Waals surface area contributed by atoms with Crippen molar-refractivity contribution in [2.75, 3.05) is 26.2 Å². The Balaban J connectivity index is 0.00000288. The van der Waals surface area contributed by atoms with E-state index >= 15 is 0 Å². The third kappa shape index (κ3) is 8.60. The van der Waals surface area contributed by atoms with Gasteiger partial charge in [-0.2, -0.15) is 0 Å². The summed E-state index contributed by atoms with van der Waals surface area (Å²) in [4.78, 5) is 14.3. The average Bonchev–Trinajstić information content (AvgIpc) is 2.50. The molecule has 2 rings (SSSR count). The van der Waals surface area contributed by atoms with Crippen molar-refractivity contribution in [3.8, 4) is 5.75 Å². The Hall–Kier alpha value is -0.530. The van der Waals surface area contributed by atoms with E-state index in [2.05, 4.69) is 26.1 Å². The second-order valence-electron chi connectivity index (χ2n) is 6.61. The largest absolute Gasteiger partial charge is 0.492 e. The first-order valence-electron chi connectivity index (χ1n) is 8.05. The third-order valence-corrected chi connectivity index (χ3v) is 4.53. The summed E-state index contributed by atoms with van der Waals surface area (Å²) in [5.41, 5.74) is 5.00. The second kappa shape index (κ2) is 11.2. The van der Waals surface area contributed by atoms with Crippen LogP contribution in [0.25, 0.3) is 0 Å². The van der Waals surface area contributed by atoms with Crippen LogP contribution < -0.4 is 15.8 Å². The van der Waals surface area contributed by atoms with Crippen LogP contribution in [0.4, 0.5) is 0 Å². The van der Waals surface area contributed by atoms with Gasteiger partial charge in [0, 0.05) is 30.1 Å². The number of amides is 1. The van der Waals surface area contributed by atoms with Crippen molar-refractivity contribution in [2.45, 2.75) is 38.3 Å². The van der Waals surface area contributed by atoms with Gasteiger partial charge in [-0.05, 0) is 51.0 Å². The molecule has 25 heavy (non-hydrogen) atoms. The number of nitrogens with zero attached hydrogens (tertiary/aromatic N) is 1. The summed E-state index contributed by atoms with van der Waals surface area (Å²) >= 11 is 3.41. The number of piperidine rings is 1. The number of ether oxygens (including phenoxy) is 1. The number of hydrogen-bond acceptors (Lipinski definition) is 4. The number of halogens is 3. The molecule has 0 saturated carbocycles. The fourth-order valence-electron chi connectivity index (χ4n) is 2.50. The molecular formula is C17H28BrCl2N3O2. The molecule has 8 heteroatoms. The maximum Gasteiger partial charge on any atom is 0.239 e. The minimum Gasteiger partial charge on any atom is -0.492 e. The van der Waals surface area contributed by atoms with Crippen molar-refractivity contribution < 1.29 is 9.53 Å². The number of carbonyl (C=O) groups excluding carboxylic acids is 1. The number of nitrogens with one attached hydrogen (secondary N) is 1. The highest BCUT2D eigenvalue weighted by molar-refractivity contribution is 9.10. The van der Waals surface area contributed by atoms with Crippen molar-refractivity contribution in [1.82, 2.24) is 10.2 Å². The molecule has 0 aromatic heterocycles. The maximum absolute atomic E-state index is 11.9. The van der Waals surface area contributed by atoms with Gasteiger partial charge in [-0.1, -0.05) is 15.9 Å². The van der Waals surface area contributed by atoms with E-state index in [1.807, 2.05) is 24.3 Å². The van der Waals surface area contributed by atoms with Gasteiger partial charge in [-0.25, -0.2) is 0 Å². The molecule has 1 aromatic rings. The van der Waals surface area contributed by atoms with Gasteiger partial charge in [0.15, 0.2) is 0 Å². The summed E-state index contributed by atoms with van der Waals surface area (Å²) in [5.74, 6) is 0.815. The fraction of sp³-hybridized carbons (Fsp3) is 0.588. The van der Waals surface area contributed by atoms with Gasteiger partial charge < -0.3 is 15.8 Å². The third-order valence-electron chi connectivity index (χ3n) is 4.00. The lowest BCUT2D eigenvalue weighted by molar-refractivity contribution is -0.126. The van der Waals surface area contributed by atoms with Gasteiger partial charge in [0.05, 0.1) is 5.54 Å². The Labute approximate surface area is 171 Å². The van der Waals surface area contributed by atoms with Crippen LogP contribution in [0.15, 0.2) is 28.7 Å². The van der Waals surface area contributed by atoms with Gasteiger partial charge in [-0.3, -0.25) is 9.69 Å². The highest BCUT2D eigenvalue weighted by Crippen LogP contribution is 2.16. The van der Waals surface area contributed by atoms with Gasteiger partial charge in [0.1, 0.15) is 12.4 Å². The van der Waals surface area contributed by atoms with Crippen molar-refractivity contribution in [3.63, 3.8) is 0 Å². The highest BCUT2D eigenvalue weighted by atomic mass is 79.9. The van der Waals surface area contributed by atoms with Crippen molar-refractivity contribution in [3.05, 3.63) is 28.7 Å². The Morgan fingerprint density at radius 1 is 1.28 bits per heavy atom. The second-order valence-corrected chi connectivity index (χ2v) is 7.53. The van der Waals surface area contributed by atoms with Crippen molar-refractivity contribution in [1.29, 1.82) is 0 Å². The van der Waals surface area contributed by atoms with E-state index in [-0.39, 0.29) is 36.8 Å². The molecule has 1 aromatic carbocycles. The standard InChI is InChI=1S/C17H26BrN3O2.2ClH/c1-17(2,19)16(22)20-14-7-9-21(10-8-14)11-12-23-15-5-3-13(18)4-6-15;;/h3-6,14H,7-12,19H2,1-2H3,(H,20,22);2*1H. The van der Waals surface area contributed by atoms with Crippen LogP contribution >= 0.6 is 40.7 Å². The monoisotopic (exact) mass is 455 g/mol. The van der Waals surface area contributed by atoms with Gasteiger partial charge in [-0.15, -0.1) is 24.8 Å². The molecule has 1 heterocycles.